The predicted octanol–water partition coefficient (Wildman–Crippen LogP) is 1.03. The first-order chi connectivity index (χ1) is 5.08. The van der Waals surface area contributed by atoms with Gasteiger partial charge in [-0.1, -0.05) is 5.08 Å². The van der Waals surface area contributed by atoms with Gasteiger partial charge < -0.3 is 0 Å². The summed E-state index contributed by atoms with van der Waals surface area (Å²) >= 11 is 0. The van der Waals surface area contributed by atoms with Crippen LogP contribution in [0.15, 0.2) is 0 Å². The first-order valence-electron chi connectivity index (χ1n) is 3.79. The standard InChI is InChI=1S/C6H9NO2P/c1-4(8)10(9)7-6-2-5(6)3-6/h5H,2-3H2,1H3,(H,7,9)/q+1/i/hD. The van der Waals surface area contributed by atoms with Crippen molar-refractivity contribution < 1.29 is 10.8 Å². The van der Waals surface area contributed by atoms with Gasteiger partial charge in [0.1, 0.15) is 0 Å². The Morgan fingerprint density at radius 2 is 2.40 bits per heavy atom. The SMILES string of the molecule is [2H]N([P+](=O)C(C)=O)C12CC1C2. The van der Waals surface area contributed by atoms with Crippen LogP contribution in [0.3, 0.4) is 0 Å². The molecule has 1 unspecified atom stereocenters. The summed E-state index contributed by atoms with van der Waals surface area (Å²) in [5.74, 6) is 0.568. The van der Waals surface area contributed by atoms with E-state index in [1.54, 1.807) is 0 Å². The van der Waals surface area contributed by atoms with Crippen molar-refractivity contribution in [3.63, 3.8) is 0 Å². The van der Waals surface area contributed by atoms with Gasteiger partial charge in [0.15, 0.2) is 1.41 Å². The van der Waals surface area contributed by atoms with E-state index in [9.17, 15) is 9.36 Å². The molecule has 0 spiro atoms. The third kappa shape index (κ3) is 0.815. The fourth-order valence-electron chi connectivity index (χ4n) is 1.09. The highest BCUT2D eigenvalue weighted by molar-refractivity contribution is 7.61. The molecule has 2 fully saturated rings. The number of hydrogen-bond acceptors (Lipinski definition) is 2. The summed E-state index contributed by atoms with van der Waals surface area (Å²) in [7, 11) is -2.07. The molecule has 2 rings (SSSR count). The maximum atomic E-state index is 11.1. The molecule has 2 aliphatic rings. The third-order valence-electron chi connectivity index (χ3n) is 2.20. The van der Waals surface area contributed by atoms with Crippen LogP contribution in [-0.4, -0.2) is 11.1 Å². The third-order valence-corrected chi connectivity index (χ3v) is 3.32. The van der Waals surface area contributed by atoms with Crippen LogP contribution in [0.2, 0.25) is 1.41 Å². The summed E-state index contributed by atoms with van der Waals surface area (Å²) < 4.78 is 18.5. The van der Waals surface area contributed by atoms with Gasteiger partial charge in [0, 0.05) is 6.92 Å². The van der Waals surface area contributed by atoms with Gasteiger partial charge >= 0.3 is 13.5 Å². The van der Waals surface area contributed by atoms with Gasteiger partial charge in [0.25, 0.3) is 0 Å². The van der Waals surface area contributed by atoms with E-state index in [-0.39, 0.29) is 11.1 Å². The first-order valence-corrected chi connectivity index (χ1v) is 4.56. The molecule has 0 aromatic heterocycles. The van der Waals surface area contributed by atoms with Crippen LogP contribution in [0, 0.1) is 5.92 Å². The van der Waals surface area contributed by atoms with Gasteiger partial charge in [0.2, 0.25) is 0 Å². The van der Waals surface area contributed by atoms with Crippen LogP contribution >= 0.6 is 7.95 Å². The fourth-order valence-corrected chi connectivity index (χ4v) is 1.92. The van der Waals surface area contributed by atoms with Crippen molar-refractivity contribution in [1.29, 1.82) is 0 Å². The number of carbonyl (C=O) groups is 1. The zero-order valence-corrected chi connectivity index (χ0v) is 6.60. The van der Waals surface area contributed by atoms with Crippen LogP contribution in [-0.2, 0) is 9.36 Å². The fraction of sp³-hybridized carbons (Fsp3) is 0.833. The minimum Gasteiger partial charge on any atom is -0.238 e. The molecule has 0 heterocycles. The predicted molar refractivity (Wildman–Crippen MR) is 36.9 cm³/mol. The second kappa shape index (κ2) is 1.66. The molecule has 2 saturated carbocycles. The van der Waals surface area contributed by atoms with Crippen molar-refractivity contribution in [3.8, 4) is 0 Å². The van der Waals surface area contributed by atoms with Crippen molar-refractivity contribution in [3.05, 3.63) is 0 Å². The number of carbonyl (C=O) groups excluding carboxylic acids is 1. The van der Waals surface area contributed by atoms with E-state index in [1.807, 2.05) is 0 Å². The topological polar surface area (TPSA) is 46.2 Å². The lowest BCUT2D eigenvalue weighted by Crippen LogP contribution is -2.16. The molecule has 0 aromatic rings. The van der Waals surface area contributed by atoms with Gasteiger partial charge in [-0.2, -0.15) is 0 Å². The van der Waals surface area contributed by atoms with Gasteiger partial charge in [-0.05, 0) is 23.3 Å². The molecule has 1 N–H and O–H groups in total. The van der Waals surface area contributed by atoms with Crippen LogP contribution in [0.1, 0.15) is 19.8 Å². The molecule has 10 heavy (non-hydrogen) atoms. The average Bonchev–Trinajstić information content (AvgIpc) is 2.68. The molecule has 0 amide bonds. The number of hydrogen-bond donors (Lipinski definition) is 1. The lowest BCUT2D eigenvalue weighted by Gasteiger charge is -1.90. The summed E-state index contributed by atoms with van der Waals surface area (Å²) in [5, 5.41) is 1.02. The van der Waals surface area contributed by atoms with E-state index in [4.69, 9.17) is 1.41 Å². The Kier molecular flexibility index (Phi) is 0.894. The second-order valence-electron chi connectivity index (χ2n) is 3.10. The van der Waals surface area contributed by atoms with E-state index in [2.05, 4.69) is 0 Å². The Balaban J connectivity index is 2.05. The van der Waals surface area contributed by atoms with Crippen molar-refractivity contribution >= 4 is 13.5 Å². The van der Waals surface area contributed by atoms with Crippen molar-refractivity contribution in [2.75, 3.05) is 0 Å². The zero-order chi connectivity index (χ0) is 8.22. The molecule has 0 saturated heterocycles. The van der Waals surface area contributed by atoms with E-state index in [1.165, 1.54) is 6.92 Å². The highest BCUT2D eigenvalue weighted by Crippen LogP contribution is 2.68. The van der Waals surface area contributed by atoms with Crippen molar-refractivity contribution in [1.82, 2.24) is 5.08 Å². The molecule has 4 heteroatoms. The molecule has 0 aromatic carbocycles. The van der Waals surface area contributed by atoms with E-state index in [0.717, 1.165) is 17.9 Å². The Morgan fingerprint density at radius 3 is 2.70 bits per heavy atom. The Bertz CT molecular complexity index is 249. The maximum Gasteiger partial charge on any atom is 0.510 e. The molecular weight excluding hydrogens is 149 g/mol. The summed E-state index contributed by atoms with van der Waals surface area (Å²) in [6, 6.07) is 0. The van der Waals surface area contributed by atoms with Crippen LogP contribution < -0.4 is 5.08 Å². The number of nitrogens with one attached hydrogen (secondary N) is 1. The largest absolute Gasteiger partial charge is 0.510 e. The van der Waals surface area contributed by atoms with Crippen molar-refractivity contribution in [2.24, 2.45) is 5.92 Å². The molecule has 54 valence electrons. The molecular formula is C6H9NO2P+. The number of rotatable bonds is 3. The van der Waals surface area contributed by atoms with Gasteiger partial charge in [0.05, 0.1) is 5.54 Å². The lowest BCUT2D eigenvalue weighted by atomic mass is 10.4. The summed E-state index contributed by atoms with van der Waals surface area (Å²) in [5.41, 5.74) is -0.513. The van der Waals surface area contributed by atoms with Crippen LogP contribution in [0.5, 0.6) is 0 Å². The molecule has 2 aliphatic carbocycles. The smallest absolute Gasteiger partial charge is 0.238 e. The van der Waals surface area contributed by atoms with Gasteiger partial charge in [-0.25, -0.2) is 4.79 Å². The van der Waals surface area contributed by atoms with Crippen LogP contribution in [0.25, 0.3) is 0 Å². The molecule has 0 radical (unpaired) electrons. The minimum absolute atomic E-state index is 0.126. The maximum absolute atomic E-state index is 11.1. The van der Waals surface area contributed by atoms with E-state index < -0.39 is 7.95 Å². The van der Waals surface area contributed by atoms with Gasteiger partial charge in [-0.15, -0.1) is 0 Å². The van der Waals surface area contributed by atoms with Crippen LogP contribution in [0.4, 0.5) is 0 Å². The highest BCUT2D eigenvalue weighted by atomic mass is 31.1. The molecule has 0 aliphatic heterocycles. The van der Waals surface area contributed by atoms with E-state index in [0.29, 0.717) is 5.92 Å². The average molecular weight is 159 g/mol. The van der Waals surface area contributed by atoms with Crippen molar-refractivity contribution in [2.45, 2.75) is 25.3 Å². The molecule has 0 bridgehead atoms. The van der Waals surface area contributed by atoms with E-state index >= 15 is 0 Å². The summed E-state index contributed by atoms with van der Waals surface area (Å²) in [6.45, 7) is 1.27. The Labute approximate surface area is 61.5 Å². The number of fused-ring (bicyclic) bond motifs is 1. The normalized spacial score (nSPS) is 44.0. The highest BCUT2D eigenvalue weighted by Gasteiger charge is 2.73. The monoisotopic (exact) mass is 159 g/mol. The van der Waals surface area contributed by atoms with Gasteiger partial charge in [-0.3, -0.25) is 0 Å². The lowest BCUT2D eigenvalue weighted by molar-refractivity contribution is -0.109. The molecule has 1 atom stereocenters. The summed E-state index contributed by atoms with van der Waals surface area (Å²) in [4.78, 5) is 10.6. The molecule has 3 nitrogen and oxygen atoms in total. The first kappa shape index (κ1) is 5.39. The zero-order valence-electron chi connectivity index (χ0n) is 6.70. The Hall–Kier alpha value is -0.270. The Morgan fingerprint density at radius 1 is 1.90 bits per heavy atom. The summed E-state index contributed by atoms with van der Waals surface area (Å²) in [6.07, 6.45) is 1.93. The second-order valence-corrected chi connectivity index (χ2v) is 4.48. The minimum atomic E-state index is -2.07. The quantitative estimate of drug-likeness (QED) is 0.625.